The van der Waals surface area contributed by atoms with Gasteiger partial charge in [-0.3, -0.25) is 4.90 Å². The Bertz CT molecular complexity index is 222. The summed E-state index contributed by atoms with van der Waals surface area (Å²) in [7, 11) is 1.80. The van der Waals surface area contributed by atoms with Gasteiger partial charge in [0.05, 0.1) is 11.7 Å². The zero-order chi connectivity index (χ0) is 12.9. The fourth-order valence-electron chi connectivity index (χ4n) is 2.96. The average molecular weight is 243 g/mol. The standard InChI is InChI=1S/C14H29NO2/c1-5-8-13(16)12(6-2)15-10-7-9-14(3,11-15)17-4/h12-13,16H,5-11H2,1-4H3. The van der Waals surface area contributed by atoms with E-state index in [0.29, 0.717) is 6.04 Å². The van der Waals surface area contributed by atoms with E-state index >= 15 is 0 Å². The predicted octanol–water partition coefficient (Wildman–Crippen LogP) is 2.43. The Hall–Kier alpha value is -0.120. The molecule has 0 amide bonds. The lowest BCUT2D eigenvalue weighted by Crippen LogP contribution is -2.54. The Balaban J connectivity index is 2.62. The quantitative estimate of drug-likeness (QED) is 0.777. The van der Waals surface area contributed by atoms with Gasteiger partial charge in [0.25, 0.3) is 0 Å². The van der Waals surface area contributed by atoms with Crippen LogP contribution in [0.4, 0.5) is 0 Å². The lowest BCUT2D eigenvalue weighted by molar-refractivity contribution is -0.0777. The van der Waals surface area contributed by atoms with Crippen LogP contribution in [0.15, 0.2) is 0 Å². The Labute approximate surface area is 106 Å². The molecule has 3 nitrogen and oxygen atoms in total. The Kier molecular flexibility index (Phi) is 5.90. The first-order valence-electron chi connectivity index (χ1n) is 7.03. The molecule has 3 unspecified atom stereocenters. The Morgan fingerprint density at radius 2 is 2.12 bits per heavy atom. The first-order chi connectivity index (χ1) is 8.06. The molecule has 1 heterocycles. The molecule has 102 valence electrons. The van der Waals surface area contributed by atoms with E-state index in [1.807, 2.05) is 0 Å². The van der Waals surface area contributed by atoms with Gasteiger partial charge >= 0.3 is 0 Å². The minimum atomic E-state index is -0.191. The number of methoxy groups -OCH3 is 1. The molecule has 0 aromatic heterocycles. The molecule has 3 heteroatoms. The predicted molar refractivity (Wildman–Crippen MR) is 71.2 cm³/mol. The summed E-state index contributed by atoms with van der Waals surface area (Å²) in [6, 6.07) is 0.296. The summed E-state index contributed by atoms with van der Waals surface area (Å²) in [5.74, 6) is 0. The number of aliphatic hydroxyl groups is 1. The lowest BCUT2D eigenvalue weighted by atomic mass is 9.91. The summed E-state index contributed by atoms with van der Waals surface area (Å²) in [5, 5.41) is 10.2. The largest absolute Gasteiger partial charge is 0.391 e. The third-order valence-corrected chi connectivity index (χ3v) is 4.10. The Morgan fingerprint density at radius 3 is 2.65 bits per heavy atom. The second-order valence-electron chi connectivity index (χ2n) is 5.56. The molecule has 0 aromatic carbocycles. The highest BCUT2D eigenvalue weighted by Crippen LogP contribution is 2.27. The van der Waals surface area contributed by atoms with Gasteiger partial charge in [-0.1, -0.05) is 20.3 Å². The van der Waals surface area contributed by atoms with Crippen molar-refractivity contribution in [3.8, 4) is 0 Å². The van der Waals surface area contributed by atoms with E-state index in [1.165, 1.54) is 6.42 Å². The zero-order valence-corrected chi connectivity index (χ0v) is 11.9. The molecule has 1 rings (SSSR count). The normalized spacial score (nSPS) is 30.2. The summed E-state index contributed by atoms with van der Waals surface area (Å²) in [6.45, 7) is 8.52. The number of likely N-dealkylation sites (tertiary alicyclic amines) is 1. The van der Waals surface area contributed by atoms with Crippen LogP contribution in [0.25, 0.3) is 0 Å². The van der Waals surface area contributed by atoms with Gasteiger partial charge in [-0.25, -0.2) is 0 Å². The van der Waals surface area contributed by atoms with Crippen LogP contribution in [0.3, 0.4) is 0 Å². The molecule has 0 saturated carbocycles. The van der Waals surface area contributed by atoms with Gasteiger partial charge in [-0.05, 0) is 39.2 Å². The van der Waals surface area contributed by atoms with Crippen LogP contribution in [0.2, 0.25) is 0 Å². The Morgan fingerprint density at radius 1 is 1.41 bits per heavy atom. The minimum absolute atomic E-state index is 0.0302. The maximum Gasteiger partial charge on any atom is 0.0777 e. The number of hydrogen-bond donors (Lipinski definition) is 1. The van der Waals surface area contributed by atoms with Crippen LogP contribution < -0.4 is 0 Å². The maximum absolute atomic E-state index is 10.2. The summed E-state index contributed by atoms with van der Waals surface area (Å²) >= 11 is 0. The number of piperidine rings is 1. The van der Waals surface area contributed by atoms with E-state index in [2.05, 4.69) is 25.7 Å². The molecule has 3 atom stereocenters. The molecule has 1 saturated heterocycles. The van der Waals surface area contributed by atoms with Crippen LogP contribution in [0.1, 0.15) is 52.9 Å². The molecule has 1 N–H and O–H groups in total. The van der Waals surface area contributed by atoms with Crippen molar-refractivity contribution in [3.05, 3.63) is 0 Å². The monoisotopic (exact) mass is 243 g/mol. The van der Waals surface area contributed by atoms with E-state index in [1.54, 1.807) is 7.11 Å². The van der Waals surface area contributed by atoms with E-state index < -0.39 is 0 Å². The highest BCUT2D eigenvalue weighted by atomic mass is 16.5. The molecule has 0 spiro atoms. The van der Waals surface area contributed by atoms with Gasteiger partial charge in [0.2, 0.25) is 0 Å². The molecule has 0 radical (unpaired) electrons. The van der Waals surface area contributed by atoms with E-state index in [0.717, 1.165) is 38.8 Å². The third kappa shape index (κ3) is 3.94. The molecule has 1 aliphatic heterocycles. The van der Waals surface area contributed by atoms with Crippen LogP contribution in [-0.4, -0.2) is 48.0 Å². The highest BCUT2D eigenvalue weighted by Gasteiger charge is 2.35. The maximum atomic E-state index is 10.2. The van der Waals surface area contributed by atoms with E-state index in [4.69, 9.17) is 4.74 Å². The average Bonchev–Trinajstić information content (AvgIpc) is 2.30. The van der Waals surface area contributed by atoms with Gasteiger partial charge in [0, 0.05) is 19.7 Å². The summed E-state index contributed by atoms with van der Waals surface area (Å²) in [4.78, 5) is 2.42. The van der Waals surface area contributed by atoms with Gasteiger partial charge in [0.15, 0.2) is 0 Å². The van der Waals surface area contributed by atoms with Crippen molar-refractivity contribution in [2.75, 3.05) is 20.2 Å². The number of nitrogens with zero attached hydrogens (tertiary/aromatic N) is 1. The number of rotatable bonds is 6. The van der Waals surface area contributed by atoms with Crippen LogP contribution in [0.5, 0.6) is 0 Å². The summed E-state index contributed by atoms with van der Waals surface area (Å²) in [5.41, 5.74) is -0.0302. The second-order valence-corrected chi connectivity index (χ2v) is 5.56. The lowest BCUT2D eigenvalue weighted by Gasteiger charge is -2.44. The summed E-state index contributed by atoms with van der Waals surface area (Å²) < 4.78 is 5.62. The highest BCUT2D eigenvalue weighted by molar-refractivity contribution is 4.89. The van der Waals surface area contributed by atoms with Gasteiger partial charge < -0.3 is 9.84 Å². The smallest absolute Gasteiger partial charge is 0.0777 e. The van der Waals surface area contributed by atoms with E-state index in [9.17, 15) is 5.11 Å². The van der Waals surface area contributed by atoms with Crippen molar-refractivity contribution in [2.45, 2.75) is 70.6 Å². The third-order valence-electron chi connectivity index (χ3n) is 4.10. The van der Waals surface area contributed by atoms with Gasteiger partial charge in [-0.15, -0.1) is 0 Å². The number of hydrogen-bond acceptors (Lipinski definition) is 3. The van der Waals surface area contributed by atoms with Gasteiger partial charge in [0.1, 0.15) is 0 Å². The van der Waals surface area contributed by atoms with E-state index in [-0.39, 0.29) is 11.7 Å². The number of aliphatic hydroxyl groups excluding tert-OH is 1. The van der Waals surface area contributed by atoms with Crippen LogP contribution in [0, 0.1) is 0 Å². The molecule has 0 aliphatic carbocycles. The molecule has 0 bridgehead atoms. The zero-order valence-electron chi connectivity index (χ0n) is 11.9. The van der Waals surface area contributed by atoms with Crippen LogP contribution >= 0.6 is 0 Å². The first-order valence-corrected chi connectivity index (χ1v) is 7.03. The minimum Gasteiger partial charge on any atom is -0.391 e. The SMILES string of the molecule is CCCC(O)C(CC)N1CCCC(C)(OC)C1. The topological polar surface area (TPSA) is 32.7 Å². The van der Waals surface area contributed by atoms with Crippen molar-refractivity contribution in [1.29, 1.82) is 0 Å². The molecular formula is C14H29NO2. The fourth-order valence-corrected chi connectivity index (χ4v) is 2.96. The molecule has 0 aromatic rings. The van der Waals surface area contributed by atoms with Crippen molar-refractivity contribution >= 4 is 0 Å². The summed E-state index contributed by atoms with van der Waals surface area (Å²) in [6.07, 6.45) is 5.07. The molecule has 17 heavy (non-hydrogen) atoms. The van der Waals surface area contributed by atoms with Crippen molar-refractivity contribution in [2.24, 2.45) is 0 Å². The van der Waals surface area contributed by atoms with Crippen molar-refractivity contribution < 1.29 is 9.84 Å². The van der Waals surface area contributed by atoms with Crippen LogP contribution in [-0.2, 0) is 4.74 Å². The molecule has 1 fully saturated rings. The van der Waals surface area contributed by atoms with Gasteiger partial charge in [-0.2, -0.15) is 0 Å². The molecular weight excluding hydrogens is 214 g/mol. The van der Waals surface area contributed by atoms with Crippen molar-refractivity contribution in [1.82, 2.24) is 4.90 Å². The number of ether oxygens (including phenoxy) is 1. The first kappa shape index (κ1) is 14.9. The fraction of sp³-hybridized carbons (Fsp3) is 1.00. The van der Waals surface area contributed by atoms with Crippen molar-refractivity contribution in [3.63, 3.8) is 0 Å². The molecule has 1 aliphatic rings. The second kappa shape index (κ2) is 6.72.